The van der Waals surface area contributed by atoms with Crippen LogP contribution >= 0.6 is 0 Å². The molecule has 0 heterocycles. The number of rotatable bonds is 13. The molecular weight excluding hydrogens is 356 g/mol. The van der Waals surface area contributed by atoms with Gasteiger partial charge in [-0.05, 0) is 44.4 Å². The van der Waals surface area contributed by atoms with Crippen LogP contribution in [0.1, 0.15) is 71.3 Å². The fraction of sp³-hybridized carbons (Fsp3) is 0.636. The van der Waals surface area contributed by atoms with Gasteiger partial charge in [0.15, 0.2) is 0 Å². The number of benzene rings is 1. The summed E-state index contributed by atoms with van der Waals surface area (Å²) in [6.07, 6.45) is 6.49. The van der Waals surface area contributed by atoms with Crippen molar-refractivity contribution in [2.24, 2.45) is 0 Å². The Morgan fingerprint density at radius 3 is 2.29 bits per heavy atom. The molecular formula is C22H36N2O4. The maximum atomic E-state index is 12.0. The third kappa shape index (κ3) is 10.8. The molecule has 28 heavy (non-hydrogen) atoms. The van der Waals surface area contributed by atoms with E-state index in [1.807, 2.05) is 45.0 Å². The fourth-order valence-corrected chi connectivity index (χ4v) is 2.82. The fourth-order valence-electron chi connectivity index (χ4n) is 2.82. The molecule has 0 spiro atoms. The van der Waals surface area contributed by atoms with Crippen molar-refractivity contribution in [3.63, 3.8) is 0 Å². The van der Waals surface area contributed by atoms with Crippen molar-refractivity contribution in [1.29, 1.82) is 0 Å². The molecule has 158 valence electrons. The normalized spacial score (nSPS) is 11.0. The summed E-state index contributed by atoms with van der Waals surface area (Å²) in [6, 6.07) is 7.45. The Hall–Kier alpha value is -2.24. The van der Waals surface area contributed by atoms with Gasteiger partial charge in [0, 0.05) is 18.5 Å². The highest BCUT2D eigenvalue weighted by atomic mass is 16.5. The van der Waals surface area contributed by atoms with Gasteiger partial charge < -0.3 is 20.1 Å². The SMILES string of the molecule is CCC(=O)NCCCCCCCC(C)(C)NC(=O)OCc1ccc(OC)cc1. The highest BCUT2D eigenvalue weighted by Gasteiger charge is 2.20. The van der Waals surface area contributed by atoms with Crippen LogP contribution in [0.5, 0.6) is 5.75 Å². The minimum Gasteiger partial charge on any atom is -0.497 e. The predicted octanol–water partition coefficient (Wildman–Crippen LogP) is 4.57. The molecule has 2 N–H and O–H groups in total. The number of ether oxygens (including phenoxy) is 2. The van der Waals surface area contributed by atoms with Crippen molar-refractivity contribution < 1.29 is 19.1 Å². The molecule has 0 atom stereocenters. The van der Waals surface area contributed by atoms with Gasteiger partial charge in [-0.25, -0.2) is 4.79 Å². The topological polar surface area (TPSA) is 76.7 Å². The number of alkyl carbamates (subject to hydrolysis) is 1. The summed E-state index contributed by atoms with van der Waals surface area (Å²) >= 11 is 0. The first-order valence-electron chi connectivity index (χ1n) is 10.2. The third-order valence-corrected chi connectivity index (χ3v) is 4.59. The van der Waals surface area contributed by atoms with Gasteiger partial charge in [0.25, 0.3) is 0 Å². The molecule has 0 bridgehead atoms. The molecule has 0 aliphatic carbocycles. The third-order valence-electron chi connectivity index (χ3n) is 4.59. The zero-order chi connectivity index (χ0) is 20.8. The molecule has 0 saturated heterocycles. The summed E-state index contributed by atoms with van der Waals surface area (Å²) in [5.41, 5.74) is 0.621. The van der Waals surface area contributed by atoms with Crippen molar-refractivity contribution in [2.45, 2.75) is 77.9 Å². The van der Waals surface area contributed by atoms with Crippen LogP contribution in [0.25, 0.3) is 0 Å². The molecule has 1 aromatic carbocycles. The number of hydrogen-bond donors (Lipinski definition) is 2. The lowest BCUT2D eigenvalue weighted by atomic mass is 9.96. The quantitative estimate of drug-likeness (QED) is 0.482. The lowest BCUT2D eigenvalue weighted by Gasteiger charge is -2.25. The van der Waals surface area contributed by atoms with E-state index in [1.165, 1.54) is 0 Å². The van der Waals surface area contributed by atoms with Crippen LogP contribution in [0.2, 0.25) is 0 Å². The van der Waals surface area contributed by atoms with E-state index < -0.39 is 6.09 Å². The molecule has 0 saturated carbocycles. The van der Waals surface area contributed by atoms with Gasteiger partial charge in [-0.2, -0.15) is 0 Å². The predicted molar refractivity (Wildman–Crippen MR) is 111 cm³/mol. The highest BCUT2D eigenvalue weighted by Crippen LogP contribution is 2.16. The first-order chi connectivity index (χ1) is 13.4. The summed E-state index contributed by atoms with van der Waals surface area (Å²) in [4.78, 5) is 23.2. The first kappa shape index (κ1) is 23.8. The Kier molecular flexibility index (Phi) is 11.1. The molecule has 0 aliphatic rings. The average Bonchev–Trinajstić information content (AvgIpc) is 2.68. The van der Waals surface area contributed by atoms with Gasteiger partial charge in [-0.15, -0.1) is 0 Å². The highest BCUT2D eigenvalue weighted by molar-refractivity contribution is 5.75. The number of methoxy groups -OCH3 is 1. The molecule has 2 amide bonds. The van der Waals surface area contributed by atoms with Crippen molar-refractivity contribution in [1.82, 2.24) is 10.6 Å². The van der Waals surface area contributed by atoms with Crippen LogP contribution in [0.15, 0.2) is 24.3 Å². The van der Waals surface area contributed by atoms with Gasteiger partial charge in [0.05, 0.1) is 7.11 Å². The molecule has 1 aromatic rings. The van der Waals surface area contributed by atoms with Crippen LogP contribution in [0.4, 0.5) is 4.79 Å². The van der Waals surface area contributed by atoms with E-state index in [2.05, 4.69) is 10.6 Å². The van der Waals surface area contributed by atoms with E-state index in [9.17, 15) is 9.59 Å². The zero-order valence-corrected chi connectivity index (χ0v) is 17.8. The van der Waals surface area contributed by atoms with Crippen molar-refractivity contribution >= 4 is 12.0 Å². The van der Waals surface area contributed by atoms with Crippen molar-refractivity contribution in [2.75, 3.05) is 13.7 Å². The number of carbonyl (C=O) groups excluding carboxylic acids is 2. The molecule has 0 aromatic heterocycles. The van der Waals surface area contributed by atoms with Crippen LogP contribution in [0.3, 0.4) is 0 Å². The Morgan fingerprint density at radius 1 is 1.00 bits per heavy atom. The van der Waals surface area contributed by atoms with Crippen molar-refractivity contribution in [3.8, 4) is 5.75 Å². The summed E-state index contributed by atoms with van der Waals surface area (Å²) in [5, 5.41) is 5.84. The summed E-state index contributed by atoms with van der Waals surface area (Å²) in [5.74, 6) is 0.895. The standard InChI is InChI=1S/C22H36N2O4/c1-5-20(25)23-16-10-8-6-7-9-15-22(2,3)24-21(26)28-17-18-11-13-19(27-4)14-12-18/h11-14H,5-10,15-17H2,1-4H3,(H,23,25)(H,24,26). The van der Waals surface area contributed by atoms with E-state index in [0.29, 0.717) is 6.42 Å². The first-order valence-corrected chi connectivity index (χ1v) is 10.2. The molecule has 0 radical (unpaired) electrons. The zero-order valence-electron chi connectivity index (χ0n) is 17.8. The average molecular weight is 393 g/mol. The molecule has 6 heteroatoms. The summed E-state index contributed by atoms with van der Waals surface area (Å²) < 4.78 is 10.4. The second kappa shape index (κ2) is 13.0. The van der Waals surface area contributed by atoms with E-state index in [4.69, 9.17) is 9.47 Å². The van der Waals surface area contributed by atoms with Crippen LogP contribution in [0, 0.1) is 0 Å². The van der Waals surface area contributed by atoms with Crippen LogP contribution in [-0.4, -0.2) is 31.2 Å². The Morgan fingerprint density at radius 2 is 1.64 bits per heavy atom. The molecule has 0 fully saturated rings. The number of hydrogen-bond acceptors (Lipinski definition) is 4. The molecule has 6 nitrogen and oxygen atoms in total. The van der Waals surface area contributed by atoms with Gasteiger partial charge >= 0.3 is 6.09 Å². The van der Waals surface area contributed by atoms with E-state index in [-0.39, 0.29) is 18.1 Å². The Bertz CT molecular complexity index is 585. The summed E-state index contributed by atoms with van der Waals surface area (Å²) in [6.45, 7) is 6.89. The van der Waals surface area contributed by atoms with Gasteiger partial charge in [0.1, 0.15) is 12.4 Å². The molecule has 0 aliphatic heterocycles. The maximum Gasteiger partial charge on any atom is 0.407 e. The Labute approximate surface area is 169 Å². The number of nitrogens with one attached hydrogen (secondary N) is 2. The second-order valence-electron chi connectivity index (χ2n) is 7.65. The van der Waals surface area contributed by atoms with Crippen LogP contribution < -0.4 is 15.4 Å². The molecule has 0 unspecified atom stereocenters. The minimum atomic E-state index is -0.396. The van der Waals surface area contributed by atoms with Crippen molar-refractivity contribution in [3.05, 3.63) is 29.8 Å². The van der Waals surface area contributed by atoms with E-state index in [0.717, 1.165) is 56.4 Å². The van der Waals surface area contributed by atoms with E-state index >= 15 is 0 Å². The van der Waals surface area contributed by atoms with Gasteiger partial charge in [-0.3, -0.25) is 4.79 Å². The smallest absolute Gasteiger partial charge is 0.407 e. The number of amides is 2. The van der Waals surface area contributed by atoms with Crippen LogP contribution in [-0.2, 0) is 16.1 Å². The number of unbranched alkanes of at least 4 members (excludes halogenated alkanes) is 4. The lowest BCUT2D eigenvalue weighted by molar-refractivity contribution is -0.120. The largest absolute Gasteiger partial charge is 0.497 e. The Balaban J connectivity index is 2.13. The van der Waals surface area contributed by atoms with E-state index in [1.54, 1.807) is 7.11 Å². The molecule has 1 rings (SSSR count). The van der Waals surface area contributed by atoms with Gasteiger partial charge in [-0.1, -0.05) is 44.7 Å². The maximum absolute atomic E-state index is 12.0. The van der Waals surface area contributed by atoms with Gasteiger partial charge in [0.2, 0.25) is 5.91 Å². The minimum absolute atomic E-state index is 0.117. The summed E-state index contributed by atoms with van der Waals surface area (Å²) in [7, 11) is 1.62. The lowest BCUT2D eigenvalue weighted by Crippen LogP contribution is -2.43. The second-order valence-corrected chi connectivity index (χ2v) is 7.65. The number of carbonyl (C=O) groups is 2. The monoisotopic (exact) mass is 392 g/mol.